The van der Waals surface area contributed by atoms with E-state index in [2.05, 4.69) is 5.32 Å². The first-order valence-electron chi connectivity index (χ1n) is 14.3. The Morgan fingerprint density at radius 3 is 2.21 bits per heavy atom. The molecule has 0 aromatic heterocycles. The molecule has 1 atom stereocenters. The first-order chi connectivity index (χ1) is 20.5. The van der Waals surface area contributed by atoms with Gasteiger partial charge in [0.25, 0.3) is 10.0 Å². The molecule has 43 heavy (non-hydrogen) atoms. The largest absolute Gasteiger partial charge is 0.497 e. The van der Waals surface area contributed by atoms with Crippen LogP contribution in [0.15, 0.2) is 71.6 Å². The maximum atomic E-state index is 14.1. The van der Waals surface area contributed by atoms with Crippen molar-refractivity contribution in [3.05, 3.63) is 87.9 Å². The van der Waals surface area contributed by atoms with Gasteiger partial charge in [0.1, 0.15) is 18.3 Å². The predicted molar refractivity (Wildman–Crippen MR) is 170 cm³/mol. The zero-order valence-corrected chi connectivity index (χ0v) is 26.9. The Hall–Kier alpha value is -3.27. The Bertz CT molecular complexity index is 1530. The summed E-state index contributed by atoms with van der Waals surface area (Å²) in [6.07, 6.45) is 5.00. The van der Waals surface area contributed by atoms with Crippen LogP contribution in [0, 0.1) is 6.92 Å². The molecule has 1 N–H and O–H groups in total. The number of methoxy groups -OCH3 is 1. The van der Waals surface area contributed by atoms with Crippen molar-refractivity contribution < 1.29 is 22.7 Å². The molecule has 3 aromatic rings. The van der Waals surface area contributed by atoms with E-state index in [1.54, 1.807) is 61.5 Å². The molecule has 11 heteroatoms. The number of rotatable bonds is 11. The number of nitrogens with one attached hydrogen (secondary N) is 1. The average molecular weight is 647 g/mol. The highest BCUT2D eigenvalue weighted by Crippen LogP contribution is 2.28. The third-order valence-corrected chi connectivity index (χ3v) is 10.2. The van der Waals surface area contributed by atoms with E-state index in [9.17, 15) is 18.0 Å². The monoisotopic (exact) mass is 645 g/mol. The van der Waals surface area contributed by atoms with Crippen molar-refractivity contribution in [1.82, 2.24) is 10.2 Å². The Labute approximate surface area is 264 Å². The Morgan fingerprint density at radius 2 is 1.60 bits per heavy atom. The lowest BCUT2D eigenvalue weighted by molar-refractivity contribution is -0.139. The highest BCUT2D eigenvalue weighted by Gasteiger charge is 2.33. The fraction of sp³-hybridized carbons (Fsp3) is 0.375. The lowest BCUT2D eigenvalue weighted by atomic mass is 9.95. The van der Waals surface area contributed by atoms with Crippen LogP contribution in [0.4, 0.5) is 5.69 Å². The van der Waals surface area contributed by atoms with Crippen molar-refractivity contribution in [2.24, 2.45) is 0 Å². The van der Waals surface area contributed by atoms with Gasteiger partial charge in [0.05, 0.1) is 27.7 Å². The van der Waals surface area contributed by atoms with Gasteiger partial charge in [0, 0.05) is 12.6 Å². The first-order valence-corrected chi connectivity index (χ1v) is 16.5. The zero-order chi connectivity index (χ0) is 31.1. The summed E-state index contributed by atoms with van der Waals surface area (Å²) in [4.78, 5) is 29.0. The molecule has 3 aromatic carbocycles. The van der Waals surface area contributed by atoms with E-state index in [0.717, 1.165) is 42.0 Å². The molecule has 0 aliphatic heterocycles. The molecule has 0 heterocycles. The van der Waals surface area contributed by atoms with Crippen molar-refractivity contribution in [3.63, 3.8) is 0 Å². The second-order valence-electron chi connectivity index (χ2n) is 10.8. The second-order valence-corrected chi connectivity index (χ2v) is 13.5. The van der Waals surface area contributed by atoms with Crippen LogP contribution in [0.5, 0.6) is 5.75 Å². The molecule has 0 radical (unpaired) electrons. The molecular formula is C32H37Cl2N3O5S. The quantitative estimate of drug-likeness (QED) is 0.261. The molecule has 4 rings (SSSR count). The van der Waals surface area contributed by atoms with Crippen molar-refractivity contribution >= 4 is 50.7 Å². The van der Waals surface area contributed by atoms with Crippen LogP contribution in [-0.4, -0.2) is 50.9 Å². The van der Waals surface area contributed by atoms with Crippen molar-refractivity contribution in [1.29, 1.82) is 0 Å². The molecule has 1 aliphatic carbocycles. The number of amides is 2. The third kappa shape index (κ3) is 8.22. The number of benzene rings is 3. The normalized spacial score (nSPS) is 14.5. The van der Waals surface area contributed by atoms with Gasteiger partial charge in [-0.05, 0) is 80.8 Å². The summed E-state index contributed by atoms with van der Waals surface area (Å²) in [7, 11) is -2.65. The van der Waals surface area contributed by atoms with Gasteiger partial charge in [-0.3, -0.25) is 13.9 Å². The summed E-state index contributed by atoms with van der Waals surface area (Å²) in [5, 5.41) is 3.77. The predicted octanol–water partition coefficient (Wildman–Crippen LogP) is 6.37. The summed E-state index contributed by atoms with van der Waals surface area (Å²) in [6.45, 7) is 3.00. The second kappa shape index (κ2) is 14.5. The van der Waals surface area contributed by atoms with E-state index < -0.39 is 28.5 Å². The maximum absolute atomic E-state index is 14.1. The third-order valence-electron chi connectivity index (χ3n) is 7.70. The lowest BCUT2D eigenvalue weighted by Gasteiger charge is -2.33. The fourth-order valence-electron chi connectivity index (χ4n) is 5.10. The number of halogens is 2. The van der Waals surface area contributed by atoms with Gasteiger partial charge in [-0.25, -0.2) is 8.42 Å². The van der Waals surface area contributed by atoms with E-state index in [1.165, 1.54) is 24.1 Å². The molecule has 230 valence electrons. The lowest BCUT2D eigenvalue weighted by Crippen LogP contribution is -2.53. The van der Waals surface area contributed by atoms with Gasteiger partial charge in [-0.2, -0.15) is 0 Å². The van der Waals surface area contributed by atoms with Crippen molar-refractivity contribution in [2.75, 3.05) is 18.0 Å². The number of carbonyl (C=O) groups excluding carboxylic acids is 2. The smallest absolute Gasteiger partial charge is 0.264 e. The van der Waals surface area contributed by atoms with E-state index >= 15 is 0 Å². The van der Waals surface area contributed by atoms with Gasteiger partial charge >= 0.3 is 0 Å². The van der Waals surface area contributed by atoms with Crippen LogP contribution in [0.25, 0.3) is 0 Å². The van der Waals surface area contributed by atoms with Crippen LogP contribution in [-0.2, 0) is 26.2 Å². The molecule has 1 saturated carbocycles. The highest BCUT2D eigenvalue weighted by molar-refractivity contribution is 7.92. The SMILES string of the molecule is COc1ccc(N(CC(=O)N(Cc2ccc(Cl)c(Cl)c2)[C@@H](C)C(=O)NC2CCCCC2)S(=O)(=O)c2ccc(C)cc2)cc1. The minimum atomic E-state index is -4.17. The number of anilines is 1. The Balaban J connectivity index is 1.69. The molecule has 1 fully saturated rings. The Kier molecular flexibility index (Phi) is 11.0. The van der Waals surface area contributed by atoms with Gasteiger partial charge < -0.3 is 15.0 Å². The standard InChI is InChI=1S/C32H37Cl2N3O5S/c1-22-9-16-28(17-10-22)43(40,41)37(26-12-14-27(42-3)15-13-26)21-31(38)36(20-24-11-18-29(33)30(34)19-24)23(2)32(39)35-25-7-5-4-6-8-25/h9-19,23,25H,4-8,20-21H2,1-3H3,(H,35,39)/t23-/m0/s1. The number of hydrogen-bond donors (Lipinski definition) is 1. The molecule has 0 unspecified atom stereocenters. The van der Waals surface area contributed by atoms with E-state index in [0.29, 0.717) is 21.4 Å². The fourth-order valence-corrected chi connectivity index (χ4v) is 6.84. The maximum Gasteiger partial charge on any atom is 0.264 e. The summed E-state index contributed by atoms with van der Waals surface area (Å²) >= 11 is 12.4. The molecule has 8 nitrogen and oxygen atoms in total. The van der Waals surface area contributed by atoms with E-state index in [-0.39, 0.29) is 29.1 Å². The van der Waals surface area contributed by atoms with Gasteiger partial charge in [0.15, 0.2) is 0 Å². The van der Waals surface area contributed by atoms with Crippen molar-refractivity contribution in [2.45, 2.75) is 69.5 Å². The summed E-state index contributed by atoms with van der Waals surface area (Å²) < 4.78 is 34.3. The summed E-state index contributed by atoms with van der Waals surface area (Å²) in [6, 6.07) is 17.0. The van der Waals surface area contributed by atoms with Crippen molar-refractivity contribution in [3.8, 4) is 5.75 Å². The minimum Gasteiger partial charge on any atom is -0.497 e. The summed E-state index contributed by atoms with van der Waals surface area (Å²) in [5.41, 5.74) is 1.83. The van der Waals surface area contributed by atoms with Gasteiger partial charge in [-0.1, -0.05) is 66.2 Å². The van der Waals surface area contributed by atoms with Crippen LogP contribution in [0.1, 0.15) is 50.2 Å². The molecule has 1 aliphatic rings. The molecule has 0 saturated heterocycles. The molecule has 0 bridgehead atoms. The number of hydrogen-bond acceptors (Lipinski definition) is 5. The van der Waals surface area contributed by atoms with Gasteiger partial charge in [-0.15, -0.1) is 0 Å². The highest BCUT2D eigenvalue weighted by atomic mass is 35.5. The molecule has 2 amide bonds. The van der Waals surface area contributed by atoms with E-state index in [1.807, 2.05) is 6.92 Å². The van der Waals surface area contributed by atoms with Gasteiger partial charge in [0.2, 0.25) is 11.8 Å². The minimum absolute atomic E-state index is 0.0238. The van der Waals surface area contributed by atoms with Crippen LogP contribution in [0.2, 0.25) is 10.0 Å². The Morgan fingerprint density at radius 1 is 0.953 bits per heavy atom. The number of nitrogens with zero attached hydrogens (tertiary/aromatic N) is 2. The van der Waals surface area contributed by atoms with Crippen LogP contribution < -0.4 is 14.4 Å². The van der Waals surface area contributed by atoms with Crippen LogP contribution >= 0.6 is 23.2 Å². The molecule has 0 spiro atoms. The summed E-state index contributed by atoms with van der Waals surface area (Å²) in [5.74, 6) is -0.307. The number of aryl methyl sites for hydroxylation is 1. The first kappa shape index (κ1) is 32.6. The number of sulfonamides is 1. The number of carbonyl (C=O) groups is 2. The van der Waals surface area contributed by atoms with E-state index in [4.69, 9.17) is 27.9 Å². The number of ether oxygens (including phenoxy) is 1. The average Bonchev–Trinajstić information content (AvgIpc) is 3.00. The van der Waals surface area contributed by atoms with Crippen LogP contribution in [0.3, 0.4) is 0 Å². The molecular weight excluding hydrogens is 609 g/mol. The topological polar surface area (TPSA) is 96.0 Å². The zero-order valence-electron chi connectivity index (χ0n) is 24.6.